The molecule has 0 spiro atoms. The SMILES string of the molecule is C=CCNC(=O)Cn1nnc(-c2ccc(CN3CCCCC3C)cc2)n1. The van der Waals surface area contributed by atoms with E-state index in [2.05, 4.69) is 51.3 Å². The number of piperidine rings is 1. The fraction of sp³-hybridized carbons (Fsp3) is 0.474. The molecule has 7 nitrogen and oxygen atoms in total. The zero-order chi connectivity index (χ0) is 18.4. The van der Waals surface area contributed by atoms with Crippen molar-refractivity contribution in [3.05, 3.63) is 42.5 Å². The van der Waals surface area contributed by atoms with E-state index in [1.807, 2.05) is 12.1 Å². The summed E-state index contributed by atoms with van der Waals surface area (Å²) in [5, 5.41) is 15.0. The average Bonchev–Trinajstić information content (AvgIpc) is 3.11. The molecule has 1 saturated heterocycles. The smallest absolute Gasteiger partial charge is 0.243 e. The largest absolute Gasteiger partial charge is 0.351 e. The van der Waals surface area contributed by atoms with Gasteiger partial charge in [0.05, 0.1) is 0 Å². The molecule has 0 radical (unpaired) electrons. The van der Waals surface area contributed by atoms with Crippen molar-refractivity contribution in [1.29, 1.82) is 0 Å². The van der Waals surface area contributed by atoms with E-state index >= 15 is 0 Å². The molecule has 0 saturated carbocycles. The summed E-state index contributed by atoms with van der Waals surface area (Å²) >= 11 is 0. The Labute approximate surface area is 154 Å². The quantitative estimate of drug-likeness (QED) is 0.770. The van der Waals surface area contributed by atoms with Crippen molar-refractivity contribution >= 4 is 5.91 Å². The second-order valence-electron chi connectivity index (χ2n) is 6.75. The molecular weight excluding hydrogens is 328 g/mol. The molecule has 7 heteroatoms. The van der Waals surface area contributed by atoms with Crippen LogP contribution >= 0.6 is 0 Å². The van der Waals surface area contributed by atoms with Gasteiger partial charge in [-0.3, -0.25) is 9.69 Å². The first-order chi connectivity index (χ1) is 12.7. The minimum Gasteiger partial charge on any atom is -0.351 e. The van der Waals surface area contributed by atoms with E-state index in [4.69, 9.17) is 0 Å². The third-order valence-electron chi connectivity index (χ3n) is 4.72. The first-order valence-electron chi connectivity index (χ1n) is 9.14. The van der Waals surface area contributed by atoms with Gasteiger partial charge in [0.25, 0.3) is 0 Å². The summed E-state index contributed by atoms with van der Waals surface area (Å²) in [6.07, 6.45) is 5.54. The van der Waals surface area contributed by atoms with Crippen LogP contribution in [0.25, 0.3) is 11.4 Å². The number of amides is 1. The first kappa shape index (κ1) is 18.3. The van der Waals surface area contributed by atoms with Crippen LogP contribution in [-0.4, -0.2) is 50.1 Å². The predicted molar refractivity (Wildman–Crippen MR) is 100 cm³/mol. The first-order valence-corrected chi connectivity index (χ1v) is 9.14. The highest BCUT2D eigenvalue weighted by atomic mass is 16.2. The van der Waals surface area contributed by atoms with Gasteiger partial charge in [-0.05, 0) is 37.1 Å². The maximum Gasteiger partial charge on any atom is 0.243 e. The summed E-state index contributed by atoms with van der Waals surface area (Å²) in [4.78, 5) is 15.5. The highest BCUT2D eigenvalue weighted by Gasteiger charge is 2.18. The molecule has 1 unspecified atom stereocenters. The standard InChI is InChI=1S/C19H26N6O/c1-3-11-20-18(26)14-25-22-19(21-23-25)17-9-7-16(8-10-17)13-24-12-5-4-6-15(24)2/h3,7-10,15H,1,4-6,11-14H2,2H3,(H,20,26). The van der Waals surface area contributed by atoms with Crippen molar-refractivity contribution < 1.29 is 4.79 Å². The van der Waals surface area contributed by atoms with Gasteiger partial charge in [-0.15, -0.1) is 16.8 Å². The number of tetrazole rings is 1. The molecule has 2 heterocycles. The number of hydrogen-bond acceptors (Lipinski definition) is 5. The number of carbonyl (C=O) groups excluding carboxylic acids is 1. The lowest BCUT2D eigenvalue weighted by atomic mass is 10.0. The Bertz CT molecular complexity index is 739. The van der Waals surface area contributed by atoms with Crippen molar-refractivity contribution in [2.75, 3.05) is 13.1 Å². The number of nitrogens with zero attached hydrogens (tertiary/aromatic N) is 5. The van der Waals surface area contributed by atoms with Crippen molar-refractivity contribution in [2.45, 2.75) is 45.3 Å². The Morgan fingerprint density at radius 1 is 1.35 bits per heavy atom. The maximum absolute atomic E-state index is 11.7. The van der Waals surface area contributed by atoms with Gasteiger partial charge < -0.3 is 5.32 Å². The van der Waals surface area contributed by atoms with Gasteiger partial charge in [-0.25, -0.2) is 0 Å². The number of hydrogen-bond donors (Lipinski definition) is 1. The molecule has 1 atom stereocenters. The Balaban J connectivity index is 1.60. The molecule has 1 amide bonds. The average molecular weight is 354 g/mol. The number of nitrogens with one attached hydrogen (secondary N) is 1. The minimum atomic E-state index is -0.167. The van der Waals surface area contributed by atoms with Crippen LogP contribution < -0.4 is 5.32 Å². The lowest BCUT2D eigenvalue weighted by Gasteiger charge is -2.33. The minimum absolute atomic E-state index is 0.0474. The van der Waals surface area contributed by atoms with Crippen LogP contribution in [0.1, 0.15) is 31.7 Å². The Hall–Kier alpha value is -2.54. The Kier molecular flexibility index (Phi) is 6.12. The van der Waals surface area contributed by atoms with Crippen molar-refractivity contribution in [3.63, 3.8) is 0 Å². The Morgan fingerprint density at radius 3 is 2.88 bits per heavy atom. The number of aromatic nitrogens is 4. The highest BCUT2D eigenvalue weighted by molar-refractivity contribution is 5.75. The van der Waals surface area contributed by atoms with Crippen molar-refractivity contribution in [3.8, 4) is 11.4 Å². The van der Waals surface area contributed by atoms with Crippen molar-refractivity contribution in [1.82, 2.24) is 30.4 Å². The van der Waals surface area contributed by atoms with E-state index in [9.17, 15) is 4.79 Å². The fourth-order valence-electron chi connectivity index (χ4n) is 3.18. The zero-order valence-electron chi connectivity index (χ0n) is 15.3. The van der Waals surface area contributed by atoms with Crippen LogP contribution in [0.15, 0.2) is 36.9 Å². The van der Waals surface area contributed by atoms with E-state index in [0.29, 0.717) is 18.4 Å². The van der Waals surface area contributed by atoms with Gasteiger partial charge in [-0.1, -0.05) is 36.8 Å². The molecule has 138 valence electrons. The predicted octanol–water partition coefficient (Wildman–Crippen LogP) is 2.02. The second kappa shape index (κ2) is 8.71. The molecule has 1 aliphatic heterocycles. The summed E-state index contributed by atoms with van der Waals surface area (Å²) in [5.74, 6) is 0.360. The number of likely N-dealkylation sites (tertiary alicyclic amines) is 1. The van der Waals surface area contributed by atoms with E-state index < -0.39 is 0 Å². The highest BCUT2D eigenvalue weighted by Crippen LogP contribution is 2.20. The summed E-state index contributed by atoms with van der Waals surface area (Å²) in [6, 6.07) is 8.92. The molecule has 26 heavy (non-hydrogen) atoms. The monoisotopic (exact) mass is 354 g/mol. The van der Waals surface area contributed by atoms with E-state index in [1.165, 1.54) is 36.2 Å². The lowest BCUT2D eigenvalue weighted by molar-refractivity contribution is -0.121. The molecular formula is C19H26N6O. The third-order valence-corrected chi connectivity index (χ3v) is 4.72. The van der Waals surface area contributed by atoms with Crippen LogP contribution in [0.3, 0.4) is 0 Å². The zero-order valence-corrected chi connectivity index (χ0v) is 15.3. The van der Waals surface area contributed by atoms with Gasteiger partial charge in [0, 0.05) is 24.7 Å². The van der Waals surface area contributed by atoms with Crippen LogP contribution in [-0.2, 0) is 17.9 Å². The molecule has 3 rings (SSSR count). The van der Waals surface area contributed by atoms with Crippen LogP contribution in [0, 0.1) is 0 Å². The molecule has 1 aromatic carbocycles. The summed E-state index contributed by atoms with van der Waals surface area (Å²) in [6.45, 7) is 8.50. The summed E-state index contributed by atoms with van der Waals surface area (Å²) in [7, 11) is 0. The number of carbonyl (C=O) groups is 1. The van der Waals surface area contributed by atoms with Gasteiger partial charge in [0.2, 0.25) is 11.7 Å². The van der Waals surface area contributed by atoms with E-state index in [0.717, 1.165) is 12.1 Å². The molecule has 2 aromatic rings. The molecule has 1 aromatic heterocycles. The summed E-state index contributed by atoms with van der Waals surface area (Å²) in [5.41, 5.74) is 2.19. The second-order valence-corrected chi connectivity index (χ2v) is 6.75. The topological polar surface area (TPSA) is 75.9 Å². The fourth-order valence-corrected chi connectivity index (χ4v) is 3.18. The van der Waals surface area contributed by atoms with Gasteiger partial charge in [-0.2, -0.15) is 4.80 Å². The van der Waals surface area contributed by atoms with E-state index in [-0.39, 0.29) is 12.5 Å². The normalized spacial score (nSPS) is 17.8. The van der Waals surface area contributed by atoms with Gasteiger partial charge in [0.1, 0.15) is 6.54 Å². The van der Waals surface area contributed by atoms with E-state index in [1.54, 1.807) is 6.08 Å². The van der Waals surface area contributed by atoms with Gasteiger partial charge in [0.15, 0.2) is 0 Å². The Morgan fingerprint density at radius 2 is 2.15 bits per heavy atom. The number of rotatable bonds is 7. The summed E-state index contributed by atoms with van der Waals surface area (Å²) < 4.78 is 0. The van der Waals surface area contributed by atoms with Crippen LogP contribution in [0.2, 0.25) is 0 Å². The molecule has 1 fully saturated rings. The molecule has 0 bridgehead atoms. The van der Waals surface area contributed by atoms with Gasteiger partial charge >= 0.3 is 0 Å². The van der Waals surface area contributed by atoms with Crippen molar-refractivity contribution in [2.24, 2.45) is 0 Å². The maximum atomic E-state index is 11.7. The molecule has 0 aliphatic carbocycles. The number of benzene rings is 1. The lowest BCUT2D eigenvalue weighted by Crippen LogP contribution is -2.36. The van der Waals surface area contributed by atoms with Crippen LogP contribution in [0.4, 0.5) is 0 Å². The molecule has 1 N–H and O–H groups in total. The molecule has 1 aliphatic rings. The third kappa shape index (κ3) is 4.76. The van der Waals surface area contributed by atoms with Crippen LogP contribution in [0.5, 0.6) is 0 Å².